The highest BCUT2D eigenvalue weighted by Gasteiger charge is 2.05. The van der Waals surface area contributed by atoms with Gasteiger partial charge in [0.15, 0.2) is 0 Å². The SMILES string of the molecule is CCC(O)CCNCc1ccc(C(F)F)cc1. The minimum absolute atomic E-state index is 0.0511. The molecular formula is C13H19F2NO. The number of nitrogens with one attached hydrogen (secondary N) is 1. The van der Waals surface area contributed by atoms with Crippen molar-refractivity contribution in [1.82, 2.24) is 5.32 Å². The van der Waals surface area contributed by atoms with Crippen molar-refractivity contribution in [1.29, 1.82) is 0 Å². The lowest BCUT2D eigenvalue weighted by atomic mass is 10.1. The van der Waals surface area contributed by atoms with Crippen molar-refractivity contribution in [3.8, 4) is 0 Å². The van der Waals surface area contributed by atoms with E-state index in [0.29, 0.717) is 13.0 Å². The molecule has 0 spiro atoms. The van der Waals surface area contributed by atoms with Gasteiger partial charge in [0.25, 0.3) is 6.43 Å². The van der Waals surface area contributed by atoms with Crippen molar-refractivity contribution in [2.24, 2.45) is 0 Å². The van der Waals surface area contributed by atoms with Crippen LogP contribution in [0, 0.1) is 0 Å². The molecule has 17 heavy (non-hydrogen) atoms. The number of aliphatic hydroxyl groups excluding tert-OH is 1. The third-order valence-corrected chi connectivity index (χ3v) is 2.69. The summed E-state index contributed by atoms with van der Waals surface area (Å²) in [5, 5.41) is 12.5. The first kappa shape index (κ1) is 14.1. The summed E-state index contributed by atoms with van der Waals surface area (Å²) in [7, 11) is 0. The Balaban J connectivity index is 2.28. The van der Waals surface area contributed by atoms with Gasteiger partial charge in [-0.15, -0.1) is 0 Å². The van der Waals surface area contributed by atoms with Crippen molar-refractivity contribution in [3.63, 3.8) is 0 Å². The van der Waals surface area contributed by atoms with Crippen LogP contribution in [0.15, 0.2) is 24.3 Å². The summed E-state index contributed by atoms with van der Waals surface area (Å²) in [4.78, 5) is 0. The largest absolute Gasteiger partial charge is 0.393 e. The summed E-state index contributed by atoms with van der Waals surface area (Å²) < 4.78 is 24.6. The van der Waals surface area contributed by atoms with Gasteiger partial charge in [0.2, 0.25) is 0 Å². The Morgan fingerprint density at radius 2 is 1.88 bits per heavy atom. The van der Waals surface area contributed by atoms with Gasteiger partial charge < -0.3 is 10.4 Å². The Hall–Kier alpha value is -1.00. The third kappa shape index (κ3) is 5.24. The average Bonchev–Trinajstić information content (AvgIpc) is 2.34. The van der Waals surface area contributed by atoms with Crippen molar-refractivity contribution < 1.29 is 13.9 Å². The number of benzene rings is 1. The number of aliphatic hydroxyl groups is 1. The second kappa shape index (κ2) is 7.35. The molecule has 0 fully saturated rings. The molecule has 0 aliphatic rings. The summed E-state index contributed by atoms with van der Waals surface area (Å²) in [5.41, 5.74) is 1.02. The molecule has 0 saturated heterocycles. The lowest BCUT2D eigenvalue weighted by Crippen LogP contribution is -2.19. The first-order chi connectivity index (χ1) is 8.13. The molecule has 96 valence electrons. The maximum absolute atomic E-state index is 12.3. The van der Waals surface area contributed by atoms with Gasteiger partial charge in [-0.25, -0.2) is 8.78 Å². The van der Waals surface area contributed by atoms with Gasteiger partial charge in [-0.1, -0.05) is 31.2 Å². The fourth-order valence-corrected chi connectivity index (χ4v) is 1.49. The Morgan fingerprint density at radius 3 is 2.41 bits per heavy atom. The first-order valence-corrected chi connectivity index (χ1v) is 5.89. The second-order valence-electron chi connectivity index (χ2n) is 4.07. The normalized spacial score (nSPS) is 13.0. The van der Waals surface area contributed by atoms with Crippen LogP contribution in [-0.4, -0.2) is 17.8 Å². The van der Waals surface area contributed by atoms with Gasteiger partial charge in [-0.05, 0) is 24.9 Å². The highest BCUT2D eigenvalue weighted by atomic mass is 19.3. The van der Waals surface area contributed by atoms with E-state index in [-0.39, 0.29) is 11.7 Å². The lowest BCUT2D eigenvalue weighted by molar-refractivity contribution is 0.151. The van der Waals surface area contributed by atoms with E-state index in [0.717, 1.165) is 18.5 Å². The molecule has 2 N–H and O–H groups in total. The average molecular weight is 243 g/mol. The van der Waals surface area contributed by atoms with E-state index in [9.17, 15) is 13.9 Å². The Kier molecular flexibility index (Phi) is 6.08. The number of hydrogen-bond donors (Lipinski definition) is 2. The molecule has 0 aliphatic carbocycles. The van der Waals surface area contributed by atoms with Gasteiger partial charge in [0.05, 0.1) is 6.10 Å². The molecule has 0 bridgehead atoms. The molecule has 0 amide bonds. The number of hydrogen-bond acceptors (Lipinski definition) is 2. The van der Waals surface area contributed by atoms with Crippen LogP contribution in [0.1, 0.15) is 37.3 Å². The van der Waals surface area contributed by atoms with Crippen LogP contribution in [0.5, 0.6) is 0 Å². The van der Waals surface area contributed by atoms with E-state index in [1.165, 1.54) is 12.1 Å². The predicted molar refractivity (Wildman–Crippen MR) is 64.0 cm³/mol. The first-order valence-electron chi connectivity index (χ1n) is 5.89. The Labute approximate surface area is 101 Å². The molecule has 0 radical (unpaired) electrons. The Morgan fingerprint density at radius 1 is 1.24 bits per heavy atom. The summed E-state index contributed by atoms with van der Waals surface area (Å²) in [6, 6.07) is 6.29. The van der Waals surface area contributed by atoms with Crippen LogP contribution < -0.4 is 5.32 Å². The summed E-state index contributed by atoms with van der Waals surface area (Å²) in [6.45, 7) is 3.30. The molecule has 1 rings (SSSR count). The smallest absolute Gasteiger partial charge is 0.263 e. The minimum atomic E-state index is -2.41. The molecule has 0 aromatic heterocycles. The maximum Gasteiger partial charge on any atom is 0.263 e. The molecular weight excluding hydrogens is 224 g/mol. The maximum atomic E-state index is 12.3. The second-order valence-corrected chi connectivity index (χ2v) is 4.07. The highest BCUT2D eigenvalue weighted by molar-refractivity contribution is 5.23. The summed E-state index contributed by atoms with van der Waals surface area (Å²) in [5.74, 6) is 0. The fraction of sp³-hybridized carbons (Fsp3) is 0.538. The molecule has 0 heterocycles. The molecule has 1 unspecified atom stereocenters. The zero-order valence-electron chi connectivity index (χ0n) is 10.00. The topological polar surface area (TPSA) is 32.3 Å². The van der Waals surface area contributed by atoms with E-state index in [4.69, 9.17) is 0 Å². The molecule has 1 atom stereocenters. The van der Waals surface area contributed by atoms with Crippen LogP contribution >= 0.6 is 0 Å². The van der Waals surface area contributed by atoms with Gasteiger partial charge in [-0.3, -0.25) is 0 Å². The van der Waals surface area contributed by atoms with Crippen LogP contribution in [-0.2, 0) is 6.54 Å². The lowest BCUT2D eigenvalue weighted by Gasteiger charge is -2.09. The number of halogens is 2. The molecule has 0 saturated carbocycles. The van der Waals surface area contributed by atoms with Crippen molar-refractivity contribution in [3.05, 3.63) is 35.4 Å². The summed E-state index contributed by atoms with van der Waals surface area (Å²) >= 11 is 0. The van der Waals surface area contributed by atoms with Crippen molar-refractivity contribution in [2.75, 3.05) is 6.54 Å². The summed E-state index contributed by atoms with van der Waals surface area (Å²) in [6.07, 6.45) is -1.20. The van der Waals surface area contributed by atoms with E-state index in [1.807, 2.05) is 6.92 Å². The predicted octanol–water partition coefficient (Wildman–Crippen LogP) is 2.87. The standard InChI is InChI=1S/C13H19F2NO/c1-2-12(17)7-8-16-9-10-3-5-11(6-4-10)13(14)15/h3-6,12-13,16-17H,2,7-9H2,1H3. The van der Waals surface area contributed by atoms with Crippen LogP contribution in [0.4, 0.5) is 8.78 Å². The third-order valence-electron chi connectivity index (χ3n) is 2.69. The van der Waals surface area contributed by atoms with E-state index in [1.54, 1.807) is 12.1 Å². The molecule has 2 nitrogen and oxygen atoms in total. The van der Waals surface area contributed by atoms with Crippen molar-refractivity contribution in [2.45, 2.75) is 38.8 Å². The molecule has 0 aliphatic heterocycles. The van der Waals surface area contributed by atoms with E-state index < -0.39 is 6.43 Å². The van der Waals surface area contributed by atoms with E-state index in [2.05, 4.69) is 5.32 Å². The quantitative estimate of drug-likeness (QED) is 0.722. The fourth-order valence-electron chi connectivity index (χ4n) is 1.49. The van der Waals surface area contributed by atoms with Gasteiger partial charge in [0, 0.05) is 12.1 Å². The van der Waals surface area contributed by atoms with Gasteiger partial charge in [-0.2, -0.15) is 0 Å². The number of alkyl halides is 2. The van der Waals surface area contributed by atoms with Crippen LogP contribution in [0.25, 0.3) is 0 Å². The van der Waals surface area contributed by atoms with Crippen LogP contribution in [0.3, 0.4) is 0 Å². The highest BCUT2D eigenvalue weighted by Crippen LogP contribution is 2.18. The zero-order valence-corrected chi connectivity index (χ0v) is 10.00. The van der Waals surface area contributed by atoms with Crippen LogP contribution in [0.2, 0.25) is 0 Å². The molecule has 1 aromatic rings. The monoisotopic (exact) mass is 243 g/mol. The minimum Gasteiger partial charge on any atom is -0.393 e. The molecule has 4 heteroatoms. The Bertz CT molecular complexity index is 314. The van der Waals surface area contributed by atoms with Gasteiger partial charge in [0.1, 0.15) is 0 Å². The van der Waals surface area contributed by atoms with Crippen molar-refractivity contribution >= 4 is 0 Å². The molecule has 1 aromatic carbocycles. The zero-order chi connectivity index (χ0) is 12.7. The van der Waals surface area contributed by atoms with E-state index >= 15 is 0 Å². The number of rotatable bonds is 7. The van der Waals surface area contributed by atoms with Gasteiger partial charge >= 0.3 is 0 Å².